The highest BCUT2D eigenvalue weighted by molar-refractivity contribution is 9.10. The Morgan fingerprint density at radius 1 is 1.29 bits per heavy atom. The van der Waals surface area contributed by atoms with E-state index in [1.54, 1.807) is 0 Å². The normalized spacial score (nSPS) is 12.0. The van der Waals surface area contributed by atoms with Crippen LogP contribution < -0.4 is 0 Å². The van der Waals surface area contributed by atoms with Crippen molar-refractivity contribution >= 4 is 21.7 Å². The van der Waals surface area contributed by atoms with Crippen LogP contribution >= 0.6 is 15.9 Å². The fraction of sp³-hybridized carbons (Fsp3) is 0.300. The molecule has 0 heterocycles. The zero-order valence-corrected chi connectivity index (χ0v) is 9.99. The summed E-state index contributed by atoms with van der Waals surface area (Å²) >= 11 is 2.71. The van der Waals surface area contributed by atoms with E-state index in [4.69, 9.17) is 0 Å². The van der Waals surface area contributed by atoms with Gasteiger partial charge in [-0.2, -0.15) is 13.2 Å². The average Bonchev–Trinajstić information content (AvgIpc) is 2.13. The molecular formula is C10H6BrF5O. The van der Waals surface area contributed by atoms with Gasteiger partial charge in [0.2, 0.25) is 0 Å². The summed E-state index contributed by atoms with van der Waals surface area (Å²) in [7, 11) is 0. The number of carbonyl (C=O) groups is 1. The molecule has 94 valence electrons. The first kappa shape index (κ1) is 14.1. The van der Waals surface area contributed by atoms with E-state index >= 15 is 0 Å². The fourth-order valence-corrected chi connectivity index (χ4v) is 2.09. The Bertz CT molecular complexity index is 453. The Morgan fingerprint density at radius 3 is 2.18 bits per heavy atom. The van der Waals surface area contributed by atoms with Crippen LogP contribution in [0.15, 0.2) is 16.6 Å². The molecular weight excluding hydrogens is 311 g/mol. The highest BCUT2D eigenvalue weighted by Crippen LogP contribution is 2.37. The van der Waals surface area contributed by atoms with Crippen LogP contribution in [0.1, 0.15) is 34.8 Å². The van der Waals surface area contributed by atoms with Crippen molar-refractivity contribution in [3.63, 3.8) is 0 Å². The van der Waals surface area contributed by atoms with Crippen LogP contribution in [0.4, 0.5) is 22.0 Å². The molecule has 0 spiro atoms. The Kier molecular flexibility index (Phi) is 3.91. The van der Waals surface area contributed by atoms with Gasteiger partial charge in [0.25, 0.3) is 6.43 Å². The Morgan fingerprint density at radius 2 is 1.82 bits per heavy atom. The molecule has 0 bridgehead atoms. The van der Waals surface area contributed by atoms with E-state index in [-0.39, 0.29) is 4.47 Å². The topological polar surface area (TPSA) is 17.1 Å². The predicted octanol–water partition coefficient (Wildman–Crippen LogP) is 4.61. The molecule has 0 aromatic heterocycles. The van der Waals surface area contributed by atoms with Gasteiger partial charge in [-0.25, -0.2) is 8.78 Å². The lowest BCUT2D eigenvalue weighted by atomic mass is 10.0. The molecule has 0 aliphatic rings. The number of rotatable bonds is 2. The molecule has 0 aliphatic heterocycles. The maximum absolute atomic E-state index is 12.6. The predicted molar refractivity (Wildman–Crippen MR) is 54.1 cm³/mol. The Hall–Kier alpha value is -0.980. The molecule has 0 saturated carbocycles. The standard InChI is InChI=1S/C10H6BrF5O/c1-4(17)8-6(9(12)13)2-5(3-7(8)11)10(14,15)16/h2-3,9H,1H3. The van der Waals surface area contributed by atoms with E-state index in [0.717, 1.165) is 6.92 Å². The van der Waals surface area contributed by atoms with E-state index in [0.29, 0.717) is 12.1 Å². The van der Waals surface area contributed by atoms with Crippen LogP contribution in [0, 0.1) is 0 Å². The van der Waals surface area contributed by atoms with E-state index in [1.165, 1.54) is 0 Å². The molecule has 0 unspecified atom stereocenters. The Labute approximate surface area is 102 Å². The summed E-state index contributed by atoms with van der Waals surface area (Å²) in [5.41, 5.74) is -2.56. The van der Waals surface area contributed by atoms with Gasteiger partial charge in [0.1, 0.15) is 0 Å². The molecule has 0 aliphatic carbocycles. The molecule has 0 saturated heterocycles. The maximum Gasteiger partial charge on any atom is 0.416 e. The van der Waals surface area contributed by atoms with Crippen molar-refractivity contribution in [2.45, 2.75) is 19.5 Å². The Balaban J connectivity index is 3.52. The third-order valence-corrected chi connectivity index (χ3v) is 2.66. The summed E-state index contributed by atoms with van der Waals surface area (Å²) in [4.78, 5) is 11.1. The zero-order valence-electron chi connectivity index (χ0n) is 8.41. The molecule has 0 atom stereocenters. The van der Waals surface area contributed by atoms with Crippen molar-refractivity contribution in [3.05, 3.63) is 33.3 Å². The van der Waals surface area contributed by atoms with E-state index in [2.05, 4.69) is 15.9 Å². The highest BCUT2D eigenvalue weighted by Gasteiger charge is 2.33. The number of alkyl halides is 5. The largest absolute Gasteiger partial charge is 0.416 e. The van der Waals surface area contributed by atoms with Gasteiger partial charge < -0.3 is 0 Å². The van der Waals surface area contributed by atoms with Crippen LogP contribution in [-0.4, -0.2) is 5.78 Å². The quantitative estimate of drug-likeness (QED) is 0.575. The zero-order chi connectivity index (χ0) is 13.4. The van der Waals surface area contributed by atoms with Crippen molar-refractivity contribution in [3.8, 4) is 0 Å². The molecule has 0 N–H and O–H groups in total. The fourth-order valence-electron chi connectivity index (χ4n) is 1.34. The molecule has 0 radical (unpaired) electrons. The number of Topliss-reactive ketones (excluding diaryl/α,β-unsaturated/α-hetero) is 1. The van der Waals surface area contributed by atoms with Gasteiger partial charge in [0.05, 0.1) is 5.56 Å². The van der Waals surface area contributed by atoms with Crippen LogP contribution in [0.25, 0.3) is 0 Å². The lowest BCUT2D eigenvalue weighted by Crippen LogP contribution is -2.10. The number of hydrogen-bond acceptors (Lipinski definition) is 1. The van der Waals surface area contributed by atoms with Gasteiger partial charge >= 0.3 is 6.18 Å². The number of benzene rings is 1. The minimum Gasteiger partial charge on any atom is -0.294 e. The van der Waals surface area contributed by atoms with Gasteiger partial charge in [-0.1, -0.05) is 15.9 Å². The molecule has 17 heavy (non-hydrogen) atoms. The number of carbonyl (C=O) groups excluding carboxylic acids is 1. The molecule has 1 rings (SSSR count). The molecule has 7 heteroatoms. The van der Waals surface area contributed by atoms with E-state index < -0.39 is 35.1 Å². The third-order valence-electron chi connectivity index (χ3n) is 2.04. The van der Waals surface area contributed by atoms with Crippen molar-refractivity contribution in [1.29, 1.82) is 0 Å². The second kappa shape index (κ2) is 4.72. The summed E-state index contributed by atoms with van der Waals surface area (Å²) in [5.74, 6) is -0.721. The molecule has 1 nitrogen and oxygen atoms in total. The minimum atomic E-state index is -4.73. The van der Waals surface area contributed by atoms with Gasteiger partial charge in [-0.15, -0.1) is 0 Å². The first-order valence-corrected chi connectivity index (χ1v) is 5.13. The van der Waals surface area contributed by atoms with Crippen molar-refractivity contribution < 1.29 is 26.7 Å². The first-order chi connectivity index (χ1) is 7.64. The molecule has 0 amide bonds. The lowest BCUT2D eigenvalue weighted by molar-refractivity contribution is -0.137. The van der Waals surface area contributed by atoms with Gasteiger partial charge in [0.15, 0.2) is 5.78 Å². The minimum absolute atomic E-state index is 0.282. The molecule has 0 fully saturated rings. The second-order valence-corrected chi connectivity index (χ2v) is 4.13. The SMILES string of the molecule is CC(=O)c1c(Br)cc(C(F)(F)F)cc1C(F)F. The number of ketones is 1. The van der Waals surface area contributed by atoms with Crippen molar-refractivity contribution in [2.24, 2.45) is 0 Å². The van der Waals surface area contributed by atoms with Gasteiger partial charge in [-0.05, 0) is 19.1 Å². The third kappa shape index (κ3) is 3.02. The summed E-state index contributed by atoms with van der Waals surface area (Å²) in [6.07, 6.45) is -7.88. The average molecular weight is 317 g/mol. The van der Waals surface area contributed by atoms with Crippen LogP contribution in [0.5, 0.6) is 0 Å². The monoisotopic (exact) mass is 316 g/mol. The van der Waals surface area contributed by atoms with E-state index in [1.807, 2.05) is 0 Å². The maximum atomic E-state index is 12.6. The molecule has 1 aromatic carbocycles. The number of halogens is 6. The van der Waals surface area contributed by atoms with Crippen molar-refractivity contribution in [2.75, 3.05) is 0 Å². The molecule has 1 aromatic rings. The van der Waals surface area contributed by atoms with Gasteiger partial charge in [-0.3, -0.25) is 4.79 Å². The summed E-state index contributed by atoms with van der Waals surface area (Å²) in [6.45, 7) is 1.01. The van der Waals surface area contributed by atoms with Crippen LogP contribution in [-0.2, 0) is 6.18 Å². The van der Waals surface area contributed by atoms with E-state index in [9.17, 15) is 26.7 Å². The highest BCUT2D eigenvalue weighted by atomic mass is 79.9. The van der Waals surface area contributed by atoms with Crippen molar-refractivity contribution in [1.82, 2.24) is 0 Å². The lowest BCUT2D eigenvalue weighted by Gasteiger charge is -2.13. The van der Waals surface area contributed by atoms with Crippen LogP contribution in [0.3, 0.4) is 0 Å². The number of hydrogen-bond donors (Lipinski definition) is 0. The second-order valence-electron chi connectivity index (χ2n) is 3.28. The smallest absolute Gasteiger partial charge is 0.294 e. The first-order valence-electron chi connectivity index (χ1n) is 4.34. The summed E-state index contributed by atoms with van der Waals surface area (Å²) in [5, 5.41) is 0. The van der Waals surface area contributed by atoms with Gasteiger partial charge in [0, 0.05) is 15.6 Å². The summed E-state index contributed by atoms with van der Waals surface area (Å²) in [6, 6.07) is 0.911. The summed E-state index contributed by atoms with van der Waals surface area (Å²) < 4.78 is 62.1. The van der Waals surface area contributed by atoms with Crippen LogP contribution in [0.2, 0.25) is 0 Å².